The largest absolute Gasteiger partial charge is 0.453 e. The first-order valence-corrected chi connectivity index (χ1v) is 12.2. The third-order valence-corrected chi connectivity index (χ3v) is 6.76. The summed E-state index contributed by atoms with van der Waals surface area (Å²) >= 11 is 0. The van der Waals surface area contributed by atoms with Crippen LogP contribution in [0.15, 0.2) is 85.7 Å². The first-order chi connectivity index (χ1) is 19.4. The van der Waals surface area contributed by atoms with Crippen molar-refractivity contribution in [3.63, 3.8) is 0 Å². The summed E-state index contributed by atoms with van der Waals surface area (Å²) < 4.78 is 34.9. The van der Waals surface area contributed by atoms with Crippen LogP contribution in [0.3, 0.4) is 0 Å². The molecule has 6 rings (SSSR count). The molecular weight excluding hydrogens is 518 g/mol. The van der Waals surface area contributed by atoms with Crippen molar-refractivity contribution in [3.05, 3.63) is 97.3 Å². The molecule has 198 valence electrons. The number of hydrogen-bond donors (Lipinski definition) is 1. The highest BCUT2D eigenvalue weighted by Crippen LogP contribution is 2.49. The number of hydrogen-bond acceptors (Lipinski definition) is 7. The van der Waals surface area contributed by atoms with Gasteiger partial charge in [0, 0.05) is 42.1 Å². The third-order valence-electron chi connectivity index (χ3n) is 6.76. The molecule has 9 nitrogen and oxygen atoms in total. The number of fused-ring (bicyclic) bond motifs is 1. The quantitative estimate of drug-likeness (QED) is 0.286. The summed E-state index contributed by atoms with van der Waals surface area (Å²) in [5.41, 5.74) is 6.43. The van der Waals surface area contributed by atoms with Crippen molar-refractivity contribution in [2.24, 2.45) is 11.1 Å². The lowest BCUT2D eigenvalue weighted by molar-refractivity contribution is -0.133. The molecule has 1 aliphatic carbocycles. The highest BCUT2D eigenvalue weighted by Gasteiger charge is 2.57. The van der Waals surface area contributed by atoms with Gasteiger partial charge in [0.25, 0.3) is 0 Å². The van der Waals surface area contributed by atoms with Crippen molar-refractivity contribution < 1.29 is 23.1 Å². The zero-order valence-corrected chi connectivity index (χ0v) is 20.8. The lowest BCUT2D eigenvalue weighted by atomic mass is 10.0. The van der Waals surface area contributed by atoms with E-state index in [1.165, 1.54) is 53.8 Å². The highest BCUT2D eigenvalue weighted by molar-refractivity contribution is 6.16. The Morgan fingerprint density at radius 1 is 0.875 bits per heavy atom. The number of primary amides is 1. The molecule has 3 aromatic heterocycles. The Morgan fingerprint density at radius 2 is 1.60 bits per heavy atom. The number of ether oxygens (including phenoxy) is 1. The van der Waals surface area contributed by atoms with Crippen LogP contribution in [0.2, 0.25) is 0 Å². The summed E-state index contributed by atoms with van der Waals surface area (Å²) in [6, 6.07) is 12.4. The van der Waals surface area contributed by atoms with Crippen LogP contribution in [0.1, 0.15) is 12.8 Å². The highest BCUT2D eigenvalue weighted by atomic mass is 19.1. The van der Waals surface area contributed by atoms with Gasteiger partial charge in [0.15, 0.2) is 11.6 Å². The van der Waals surface area contributed by atoms with Crippen molar-refractivity contribution in [1.82, 2.24) is 19.9 Å². The number of anilines is 2. The maximum absolute atomic E-state index is 15.4. The van der Waals surface area contributed by atoms with Crippen molar-refractivity contribution >= 4 is 34.1 Å². The zero-order chi connectivity index (χ0) is 27.9. The number of rotatable bonds is 7. The molecule has 0 radical (unpaired) electrons. The van der Waals surface area contributed by atoms with Crippen molar-refractivity contribution in [3.8, 4) is 22.8 Å². The smallest absolute Gasteiger partial charge is 0.247 e. The molecule has 0 aliphatic heterocycles. The van der Waals surface area contributed by atoms with Gasteiger partial charge in [0.05, 0.1) is 22.3 Å². The van der Waals surface area contributed by atoms with Gasteiger partial charge >= 0.3 is 0 Å². The normalized spacial score (nSPS) is 13.6. The lowest BCUT2D eigenvalue weighted by Crippen LogP contribution is -2.41. The van der Waals surface area contributed by atoms with Crippen molar-refractivity contribution in [2.75, 3.05) is 4.90 Å². The van der Waals surface area contributed by atoms with E-state index < -0.39 is 28.9 Å². The maximum atomic E-state index is 15.4. The van der Waals surface area contributed by atoms with Gasteiger partial charge in [0.2, 0.25) is 11.8 Å². The average Bonchev–Trinajstić information content (AvgIpc) is 3.78. The molecule has 3 heterocycles. The van der Waals surface area contributed by atoms with E-state index in [0.717, 1.165) is 6.07 Å². The molecular formula is C29H20F2N6O3. The second-order valence-corrected chi connectivity index (χ2v) is 9.30. The Bertz CT molecular complexity index is 1760. The van der Waals surface area contributed by atoms with E-state index >= 15 is 4.39 Å². The summed E-state index contributed by atoms with van der Waals surface area (Å²) in [6.07, 6.45) is 8.35. The molecule has 0 saturated heterocycles. The molecule has 40 heavy (non-hydrogen) atoms. The molecule has 2 aromatic carbocycles. The molecule has 1 aliphatic rings. The molecule has 1 fully saturated rings. The molecule has 5 aromatic rings. The van der Waals surface area contributed by atoms with E-state index in [-0.39, 0.29) is 30.0 Å². The molecule has 2 amide bonds. The van der Waals surface area contributed by atoms with E-state index in [4.69, 9.17) is 10.5 Å². The molecule has 0 bridgehead atoms. The van der Waals surface area contributed by atoms with Crippen LogP contribution in [-0.2, 0) is 9.59 Å². The minimum atomic E-state index is -1.38. The first kappa shape index (κ1) is 25.0. The number of pyridine rings is 2. The van der Waals surface area contributed by atoms with Gasteiger partial charge in [-0.2, -0.15) is 0 Å². The van der Waals surface area contributed by atoms with Gasteiger partial charge in [-0.3, -0.25) is 24.5 Å². The Balaban J connectivity index is 1.33. The minimum Gasteiger partial charge on any atom is -0.453 e. The Kier molecular flexibility index (Phi) is 6.10. The zero-order valence-electron chi connectivity index (χ0n) is 20.8. The lowest BCUT2D eigenvalue weighted by Gasteiger charge is -2.26. The number of nitrogens with two attached hydrogens (primary N) is 1. The van der Waals surface area contributed by atoms with Crippen LogP contribution in [0.25, 0.3) is 22.2 Å². The third kappa shape index (κ3) is 4.47. The topological polar surface area (TPSA) is 124 Å². The minimum absolute atomic E-state index is 0.112. The van der Waals surface area contributed by atoms with Crippen LogP contribution in [0, 0.1) is 17.0 Å². The van der Waals surface area contributed by atoms with Gasteiger partial charge in [-0.1, -0.05) is 0 Å². The van der Waals surface area contributed by atoms with Crippen LogP contribution >= 0.6 is 0 Å². The van der Waals surface area contributed by atoms with Gasteiger partial charge in [-0.25, -0.2) is 18.7 Å². The van der Waals surface area contributed by atoms with Gasteiger partial charge < -0.3 is 10.5 Å². The fraction of sp³-hybridized carbons (Fsp3) is 0.103. The Hall–Kier alpha value is -5.32. The summed E-state index contributed by atoms with van der Waals surface area (Å²) in [5.74, 6) is -2.43. The average molecular weight is 539 g/mol. The number of nitrogens with zero attached hydrogens (tertiary/aromatic N) is 5. The molecule has 0 atom stereocenters. The maximum Gasteiger partial charge on any atom is 0.247 e. The number of carbonyl (C=O) groups excluding carboxylic acids is 2. The summed E-state index contributed by atoms with van der Waals surface area (Å²) in [6.45, 7) is 0. The fourth-order valence-corrected chi connectivity index (χ4v) is 4.40. The monoisotopic (exact) mass is 538 g/mol. The van der Waals surface area contributed by atoms with E-state index in [2.05, 4.69) is 19.9 Å². The Labute approximate surface area is 226 Å². The summed E-state index contributed by atoms with van der Waals surface area (Å²) in [5, 5.41) is 0.548. The van der Waals surface area contributed by atoms with E-state index in [1.54, 1.807) is 30.7 Å². The first-order valence-electron chi connectivity index (χ1n) is 12.2. The predicted octanol–water partition coefficient (Wildman–Crippen LogP) is 5.09. The van der Waals surface area contributed by atoms with Crippen LogP contribution in [-0.4, -0.2) is 31.8 Å². The molecule has 0 spiro atoms. The van der Waals surface area contributed by atoms with Crippen molar-refractivity contribution in [2.45, 2.75) is 12.8 Å². The molecule has 11 heteroatoms. The van der Waals surface area contributed by atoms with Crippen LogP contribution < -0.4 is 15.4 Å². The SMILES string of the molecule is NC(=O)C1(C(=O)N(c2ccc(F)cc2)c2ccc(Oc3ccnc4cc(-c5cncnc5)ncc34)c(F)c2)CC1. The fourth-order valence-electron chi connectivity index (χ4n) is 4.40. The second-order valence-electron chi connectivity index (χ2n) is 9.30. The Morgan fingerprint density at radius 3 is 2.27 bits per heavy atom. The van der Waals surface area contributed by atoms with Gasteiger partial charge in [0.1, 0.15) is 23.3 Å². The van der Waals surface area contributed by atoms with E-state index in [1.807, 2.05) is 0 Å². The molecule has 2 N–H and O–H groups in total. The van der Waals surface area contributed by atoms with E-state index in [0.29, 0.717) is 27.9 Å². The van der Waals surface area contributed by atoms with Crippen LogP contribution in [0.4, 0.5) is 20.2 Å². The number of carbonyl (C=O) groups is 2. The molecule has 0 unspecified atom stereocenters. The second kappa shape index (κ2) is 9.77. The number of amides is 2. The predicted molar refractivity (Wildman–Crippen MR) is 141 cm³/mol. The summed E-state index contributed by atoms with van der Waals surface area (Å²) in [4.78, 5) is 43.5. The number of aromatic nitrogens is 4. The van der Waals surface area contributed by atoms with Gasteiger partial charge in [-0.05, 0) is 61.4 Å². The van der Waals surface area contributed by atoms with Gasteiger partial charge in [-0.15, -0.1) is 0 Å². The van der Waals surface area contributed by atoms with Crippen LogP contribution in [0.5, 0.6) is 11.5 Å². The number of halogens is 2. The summed E-state index contributed by atoms with van der Waals surface area (Å²) in [7, 11) is 0. The number of benzene rings is 2. The van der Waals surface area contributed by atoms with E-state index in [9.17, 15) is 14.0 Å². The van der Waals surface area contributed by atoms with Crippen molar-refractivity contribution in [1.29, 1.82) is 0 Å². The molecule has 1 saturated carbocycles. The standard InChI is InChI=1S/C29H20F2N6O3/c30-18-1-3-19(4-2-18)37(28(39)29(8-9-29)27(32)38)20-5-6-26(22(31)11-20)40-25-7-10-35-24-12-23(36-15-21(24)25)17-13-33-16-34-14-17/h1-7,10-16H,8-9H2,(H2,32,38).